The lowest BCUT2D eigenvalue weighted by Gasteiger charge is -2.21. The van der Waals surface area contributed by atoms with Gasteiger partial charge in [-0.05, 0) is 47.5 Å². The van der Waals surface area contributed by atoms with Crippen LogP contribution in [0.4, 0.5) is 9.09 Å². The van der Waals surface area contributed by atoms with E-state index in [4.69, 9.17) is 4.74 Å². The molecule has 0 aliphatic carbocycles. The summed E-state index contributed by atoms with van der Waals surface area (Å²) >= 11 is 0. The molecule has 0 bridgehead atoms. The first kappa shape index (κ1) is 26.7. The van der Waals surface area contributed by atoms with E-state index in [1.165, 1.54) is 0 Å². The fraction of sp³-hybridized carbons (Fsp3) is 0.882. The van der Waals surface area contributed by atoms with E-state index in [1.807, 2.05) is 41.5 Å². The van der Waals surface area contributed by atoms with Crippen LogP contribution in [0.2, 0.25) is 0 Å². The minimum absolute atomic E-state index is 0. The highest BCUT2D eigenvalue weighted by Crippen LogP contribution is 2.21. The van der Waals surface area contributed by atoms with Crippen molar-refractivity contribution in [2.75, 3.05) is 13.3 Å². The smallest absolute Gasteiger partial charge is 0.311 e. The zero-order valence-corrected chi connectivity index (χ0v) is 15.8. The summed E-state index contributed by atoms with van der Waals surface area (Å²) in [7, 11) is 0. The van der Waals surface area contributed by atoms with E-state index in [1.54, 1.807) is 13.8 Å². The lowest BCUT2D eigenvalue weighted by Crippen LogP contribution is -2.27. The normalized spacial score (nSPS) is 12.2. The molecule has 0 N–H and O–H groups in total. The van der Waals surface area contributed by atoms with Gasteiger partial charge in [-0.2, -0.15) is 0 Å². The largest absolute Gasteiger partial charge is 0.462 e. The molecule has 1 unspecified atom stereocenters. The van der Waals surface area contributed by atoms with E-state index in [2.05, 4.69) is 4.74 Å². The van der Waals surface area contributed by atoms with Gasteiger partial charge in [-0.25, -0.2) is 4.39 Å². The number of carbonyl (C=O) groups excluding carboxylic acids is 2. The molecule has 0 spiro atoms. The summed E-state index contributed by atoms with van der Waals surface area (Å²) in [5, 5.41) is 0. The average molecular weight is 340 g/mol. The van der Waals surface area contributed by atoms with Gasteiger partial charge in [0.1, 0.15) is 18.9 Å². The molecule has 0 aromatic rings. The first-order valence-electron chi connectivity index (χ1n) is 7.87. The molecule has 0 aromatic carbocycles. The minimum Gasteiger partial charge on any atom is -0.462 e. The quantitative estimate of drug-likeness (QED) is 0.670. The highest BCUT2D eigenvalue weighted by Gasteiger charge is 2.26. The lowest BCUT2D eigenvalue weighted by atomic mass is 9.91. The summed E-state index contributed by atoms with van der Waals surface area (Å²) in [6.45, 7) is 14.3. The van der Waals surface area contributed by atoms with Gasteiger partial charge in [0.2, 0.25) is 0 Å². The Balaban J connectivity index is -0.000000333. The molecule has 0 saturated heterocycles. The van der Waals surface area contributed by atoms with Gasteiger partial charge in [-0.3, -0.25) is 14.3 Å². The van der Waals surface area contributed by atoms with Gasteiger partial charge < -0.3 is 9.47 Å². The summed E-state index contributed by atoms with van der Waals surface area (Å²) in [5.41, 5.74) is -0.824. The Morgan fingerprint density at radius 2 is 1.57 bits per heavy atom. The van der Waals surface area contributed by atoms with Gasteiger partial charge in [0, 0.05) is 0 Å². The van der Waals surface area contributed by atoms with Crippen LogP contribution >= 0.6 is 0 Å². The van der Waals surface area contributed by atoms with E-state index in [0.717, 1.165) is 6.42 Å². The van der Waals surface area contributed by atoms with Crippen molar-refractivity contribution in [3.05, 3.63) is 0 Å². The van der Waals surface area contributed by atoms with E-state index in [0.29, 0.717) is 6.42 Å². The standard InChI is InChI=1S/C9H18O2.C8H15FO2.FH/c1-6-7(2)8(10)11-9(3,4)5;1-4-8(2,3)7(10)11-6-5-9;/h7H,6H2,1-5H3;4-6H2,1-3H3;1H. The first-order chi connectivity index (χ1) is 9.91. The number of esters is 2. The molecule has 1 atom stereocenters. The summed E-state index contributed by atoms with van der Waals surface area (Å²) in [5.74, 6) is -0.396. The van der Waals surface area contributed by atoms with Crippen molar-refractivity contribution in [1.82, 2.24) is 0 Å². The Bertz CT molecular complexity index is 336. The van der Waals surface area contributed by atoms with Gasteiger partial charge in [-0.1, -0.05) is 20.8 Å². The molecule has 23 heavy (non-hydrogen) atoms. The number of hydrogen-bond acceptors (Lipinski definition) is 4. The Morgan fingerprint density at radius 3 is 1.87 bits per heavy atom. The van der Waals surface area contributed by atoms with Crippen LogP contribution in [0.5, 0.6) is 0 Å². The number of rotatable bonds is 6. The second-order valence-electron chi connectivity index (χ2n) is 6.91. The predicted molar refractivity (Wildman–Crippen MR) is 88.8 cm³/mol. The maximum atomic E-state index is 11.6. The maximum Gasteiger partial charge on any atom is 0.311 e. The second-order valence-corrected chi connectivity index (χ2v) is 6.91. The van der Waals surface area contributed by atoms with Gasteiger partial charge in [-0.15, -0.1) is 0 Å². The van der Waals surface area contributed by atoms with Crippen LogP contribution in [-0.2, 0) is 19.1 Å². The Kier molecular flexibility index (Phi) is 14.2. The van der Waals surface area contributed by atoms with E-state index in [-0.39, 0.29) is 34.8 Å². The van der Waals surface area contributed by atoms with Crippen LogP contribution in [0.3, 0.4) is 0 Å². The molecule has 0 aliphatic heterocycles. The topological polar surface area (TPSA) is 52.6 Å². The fourth-order valence-corrected chi connectivity index (χ4v) is 1.04. The summed E-state index contributed by atoms with van der Waals surface area (Å²) in [4.78, 5) is 22.2. The van der Waals surface area contributed by atoms with Gasteiger partial charge >= 0.3 is 11.9 Å². The van der Waals surface area contributed by atoms with Crippen molar-refractivity contribution < 1.29 is 28.2 Å². The molecular weight excluding hydrogens is 306 g/mol. The summed E-state index contributed by atoms with van der Waals surface area (Å²) in [6, 6.07) is 0. The average Bonchev–Trinajstić information content (AvgIpc) is 2.42. The van der Waals surface area contributed by atoms with Crippen LogP contribution in [-0.4, -0.2) is 30.8 Å². The Labute approximate surface area is 139 Å². The minimum atomic E-state index is -0.606. The van der Waals surface area contributed by atoms with Crippen molar-refractivity contribution in [2.45, 2.75) is 73.8 Å². The molecule has 4 nitrogen and oxygen atoms in total. The van der Waals surface area contributed by atoms with Crippen LogP contribution in [0.1, 0.15) is 68.2 Å². The van der Waals surface area contributed by atoms with E-state index >= 15 is 0 Å². The Hall–Kier alpha value is -1.20. The molecule has 0 aromatic heterocycles. The molecule has 6 heteroatoms. The molecule has 0 saturated carbocycles. The van der Waals surface area contributed by atoms with Crippen molar-refractivity contribution in [1.29, 1.82) is 0 Å². The van der Waals surface area contributed by atoms with E-state index < -0.39 is 12.1 Å². The predicted octanol–water partition coefficient (Wildman–Crippen LogP) is 4.46. The highest BCUT2D eigenvalue weighted by atomic mass is 19.1. The van der Waals surface area contributed by atoms with Crippen molar-refractivity contribution in [2.24, 2.45) is 11.3 Å². The maximum absolute atomic E-state index is 11.6. The number of hydrogen-bond donors (Lipinski definition) is 0. The molecule has 0 amide bonds. The SMILES string of the molecule is CCC(C)(C)C(=O)OCCF.CCC(C)C(=O)OC(C)(C)C.F. The summed E-state index contributed by atoms with van der Waals surface area (Å²) < 4.78 is 21.4. The zero-order valence-electron chi connectivity index (χ0n) is 15.8. The molecule has 0 aliphatic rings. The number of halogens is 2. The van der Waals surface area contributed by atoms with Crippen molar-refractivity contribution in [3.8, 4) is 0 Å². The Morgan fingerprint density at radius 1 is 1.09 bits per heavy atom. The second kappa shape index (κ2) is 12.3. The number of ether oxygens (including phenoxy) is 2. The van der Waals surface area contributed by atoms with Crippen LogP contribution in [0.25, 0.3) is 0 Å². The monoisotopic (exact) mass is 340 g/mol. The third kappa shape index (κ3) is 14.1. The molecular formula is C17H34F2O4. The van der Waals surface area contributed by atoms with Crippen LogP contribution < -0.4 is 0 Å². The van der Waals surface area contributed by atoms with Crippen molar-refractivity contribution >= 4 is 11.9 Å². The molecule has 0 rings (SSSR count). The van der Waals surface area contributed by atoms with Gasteiger partial charge in [0.25, 0.3) is 0 Å². The van der Waals surface area contributed by atoms with Crippen LogP contribution in [0, 0.1) is 11.3 Å². The van der Waals surface area contributed by atoms with Crippen LogP contribution in [0.15, 0.2) is 0 Å². The highest BCUT2D eigenvalue weighted by molar-refractivity contribution is 5.75. The number of carbonyl (C=O) groups is 2. The summed E-state index contributed by atoms with van der Waals surface area (Å²) in [6.07, 6.45) is 1.55. The van der Waals surface area contributed by atoms with Gasteiger partial charge in [0.05, 0.1) is 11.3 Å². The fourth-order valence-electron chi connectivity index (χ4n) is 1.04. The first-order valence-corrected chi connectivity index (χ1v) is 7.87. The number of alkyl halides is 1. The molecule has 0 fully saturated rings. The molecule has 0 heterocycles. The van der Waals surface area contributed by atoms with E-state index in [9.17, 15) is 14.0 Å². The lowest BCUT2D eigenvalue weighted by molar-refractivity contribution is -0.159. The molecule has 140 valence electrons. The third-order valence-corrected chi connectivity index (χ3v) is 3.17. The van der Waals surface area contributed by atoms with Gasteiger partial charge in [0.15, 0.2) is 0 Å². The third-order valence-electron chi connectivity index (χ3n) is 3.17. The molecule has 0 radical (unpaired) electrons. The van der Waals surface area contributed by atoms with Crippen molar-refractivity contribution in [3.63, 3.8) is 0 Å². The zero-order chi connectivity index (χ0) is 18.0.